The molecule has 2 aromatic carbocycles. The zero-order valence-electron chi connectivity index (χ0n) is 15.7. The SMILES string of the molecule is Cc1ccc(C(=O)O[C@@H]2O[C@H](C(=O)OCc3ccccc3)[C@@H](O)[C@H](O)[C@H]2O)cc1. The Morgan fingerprint density at radius 2 is 1.59 bits per heavy atom. The average Bonchev–Trinajstić information content (AvgIpc) is 2.73. The maximum Gasteiger partial charge on any atom is 0.340 e. The second-order valence-electron chi connectivity index (χ2n) is 6.76. The summed E-state index contributed by atoms with van der Waals surface area (Å²) < 4.78 is 15.5. The summed E-state index contributed by atoms with van der Waals surface area (Å²) in [5.74, 6) is -1.77. The summed E-state index contributed by atoms with van der Waals surface area (Å²) in [4.78, 5) is 24.6. The van der Waals surface area contributed by atoms with E-state index in [2.05, 4.69) is 0 Å². The van der Waals surface area contributed by atoms with Gasteiger partial charge in [-0.05, 0) is 24.6 Å². The second-order valence-corrected chi connectivity index (χ2v) is 6.76. The number of esters is 2. The molecule has 0 amide bonds. The van der Waals surface area contributed by atoms with E-state index in [4.69, 9.17) is 14.2 Å². The van der Waals surface area contributed by atoms with Gasteiger partial charge in [0.25, 0.3) is 0 Å². The van der Waals surface area contributed by atoms with E-state index in [1.807, 2.05) is 13.0 Å². The van der Waals surface area contributed by atoms with E-state index >= 15 is 0 Å². The first-order valence-corrected chi connectivity index (χ1v) is 9.04. The fraction of sp³-hybridized carbons (Fsp3) is 0.333. The summed E-state index contributed by atoms with van der Waals surface area (Å²) in [6.45, 7) is 1.78. The van der Waals surface area contributed by atoms with E-state index in [9.17, 15) is 24.9 Å². The molecule has 2 aromatic rings. The van der Waals surface area contributed by atoms with Gasteiger partial charge in [-0.25, -0.2) is 9.59 Å². The molecule has 8 heteroatoms. The number of rotatable bonds is 5. The Morgan fingerprint density at radius 1 is 0.931 bits per heavy atom. The lowest BCUT2D eigenvalue weighted by atomic mass is 9.99. The van der Waals surface area contributed by atoms with E-state index in [1.54, 1.807) is 36.4 Å². The first kappa shape index (κ1) is 20.9. The highest BCUT2D eigenvalue weighted by Crippen LogP contribution is 2.24. The van der Waals surface area contributed by atoms with E-state index in [1.165, 1.54) is 12.1 Å². The molecular formula is C21H22O8. The van der Waals surface area contributed by atoms with E-state index in [0.29, 0.717) is 5.56 Å². The van der Waals surface area contributed by atoms with Gasteiger partial charge in [-0.1, -0.05) is 48.0 Å². The van der Waals surface area contributed by atoms with Crippen LogP contribution in [0.25, 0.3) is 0 Å². The Morgan fingerprint density at radius 3 is 2.24 bits per heavy atom. The molecule has 8 nitrogen and oxygen atoms in total. The average molecular weight is 402 g/mol. The molecule has 3 rings (SSSR count). The lowest BCUT2D eigenvalue weighted by molar-refractivity contribution is -0.280. The van der Waals surface area contributed by atoms with Crippen LogP contribution < -0.4 is 0 Å². The van der Waals surface area contributed by atoms with E-state index in [0.717, 1.165) is 5.56 Å². The predicted molar refractivity (Wildman–Crippen MR) is 99.5 cm³/mol. The summed E-state index contributed by atoms with van der Waals surface area (Å²) in [7, 11) is 0. The number of ether oxygens (including phenoxy) is 3. The van der Waals surface area contributed by atoms with Gasteiger partial charge in [-0.15, -0.1) is 0 Å². The molecule has 0 radical (unpaired) electrons. The van der Waals surface area contributed by atoms with E-state index in [-0.39, 0.29) is 12.2 Å². The first-order chi connectivity index (χ1) is 13.9. The molecule has 0 saturated carbocycles. The smallest absolute Gasteiger partial charge is 0.340 e. The van der Waals surface area contributed by atoms with Crippen molar-refractivity contribution in [1.29, 1.82) is 0 Å². The number of aliphatic hydroxyl groups is 3. The second kappa shape index (κ2) is 9.15. The quantitative estimate of drug-likeness (QED) is 0.625. The third-order valence-corrected chi connectivity index (χ3v) is 4.54. The largest absolute Gasteiger partial charge is 0.459 e. The predicted octanol–water partition coefficient (Wildman–Crippen LogP) is 0.703. The summed E-state index contributed by atoms with van der Waals surface area (Å²) in [6.07, 6.45) is -8.54. The van der Waals surface area contributed by atoms with Gasteiger partial charge in [0.15, 0.2) is 6.10 Å². The normalized spacial score (nSPS) is 26.6. The highest BCUT2D eigenvalue weighted by atomic mass is 16.7. The maximum absolute atomic E-state index is 12.3. The molecule has 5 atom stereocenters. The van der Waals surface area contributed by atoms with Crippen molar-refractivity contribution in [2.75, 3.05) is 0 Å². The third-order valence-electron chi connectivity index (χ3n) is 4.54. The van der Waals surface area contributed by atoms with Gasteiger partial charge in [0.1, 0.15) is 24.9 Å². The molecule has 29 heavy (non-hydrogen) atoms. The Hall–Kier alpha value is -2.78. The molecule has 154 valence electrons. The van der Waals surface area contributed by atoms with Gasteiger partial charge >= 0.3 is 11.9 Å². The minimum atomic E-state index is -1.77. The molecule has 0 unspecified atom stereocenters. The number of carbonyl (C=O) groups is 2. The van der Waals surface area contributed by atoms with Gasteiger partial charge in [0.05, 0.1) is 5.56 Å². The van der Waals surface area contributed by atoms with Crippen molar-refractivity contribution in [2.45, 2.75) is 44.2 Å². The summed E-state index contributed by atoms with van der Waals surface area (Å²) in [5, 5.41) is 30.3. The van der Waals surface area contributed by atoms with E-state index < -0.39 is 42.6 Å². The van der Waals surface area contributed by atoms with Crippen LogP contribution in [-0.2, 0) is 25.6 Å². The van der Waals surface area contributed by atoms with Gasteiger partial charge in [-0.2, -0.15) is 0 Å². The van der Waals surface area contributed by atoms with Crippen LogP contribution in [0.1, 0.15) is 21.5 Å². The van der Waals surface area contributed by atoms with Crippen LogP contribution in [0.2, 0.25) is 0 Å². The standard InChI is InChI=1S/C21H22O8/c1-12-7-9-14(10-8-12)19(25)29-21-17(24)15(22)16(23)18(28-21)20(26)27-11-13-5-3-2-4-6-13/h2-10,15-18,21-24H,11H2,1H3/t15-,16-,17+,18-,21-/m0/s1. The zero-order chi connectivity index (χ0) is 21.0. The molecule has 0 bridgehead atoms. The molecule has 1 aliphatic heterocycles. The van der Waals surface area contributed by atoms with Crippen LogP contribution in [-0.4, -0.2) is 58.0 Å². The maximum atomic E-state index is 12.3. The number of aryl methyl sites for hydroxylation is 1. The van der Waals surface area contributed by atoms with Crippen LogP contribution in [0.15, 0.2) is 54.6 Å². The number of aliphatic hydroxyl groups excluding tert-OH is 3. The van der Waals surface area contributed by atoms with Crippen molar-refractivity contribution < 1.29 is 39.1 Å². The van der Waals surface area contributed by atoms with Crippen molar-refractivity contribution in [2.24, 2.45) is 0 Å². The summed E-state index contributed by atoms with van der Waals surface area (Å²) in [5.41, 5.74) is 1.86. The minimum Gasteiger partial charge on any atom is -0.459 e. The molecule has 0 spiro atoms. The topological polar surface area (TPSA) is 123 Å². The van der Waals surface area contributed by atoms with Gasteiger partial charge in [0, 0.05) is 0 Å². The monoisotopic (exact) mass is 402 g/mol. The molecule has 1 fully saturated rings. The van der Waals surface area contributed by atoms with Crippen molar-refractivity contribution in [3.05, 3.63) is 71.3 Å². The Kier molecular flexibility index (Phi) is 6.60. The van der Waals surface area contributed by atoms with Crippen molar-refractivity contribution >= 4 is 11.9 Å². The van der Waals surface area contributed by atoms with Gasteiger partial charge in [-0.3, -0.25) is 0 Å². The molecule has 3 N–H and O–H groups in total. The number of hydrogen-bond acceptors (Lipinski definition) is 8. The lowest BCUT2D eigenvalue weighted by Gasteiger charge is -2.38. The molecule has 1 heterocycles. The fourth-order valence-corrected chi connectivity index (χ4v) is 2.81. The number of hydrogen-bond donors (Lipinski definition) is 3. The lowest BCUT2D eigenvalue weighted by Crippen LogP contribution is -2.60. The van der Waals surface area contributed by atoms with Crippen LogP contribution in [0.4, 0.5) is 0 Å². The Bertz CT molecular complexity index is 836. The van der Waals surface area contributed by atoms with Gasteiger partial charge < -0.3 is 29.5 Å². The van der Waals surface area contributed by atoms with Crippen LogP contribution >= 0.6 is 0 Å². The van der Waals surface area contributed by atoms with Crippen molar-refractivity contribution in [1.82, 2.24) is 0 Å². The first-order valence-electron chi connectivity index (χ1n) is 9.04. The summed E-state index contributed by atoms with van der Waals surface area (Å²) in [6, 6.07) is 15.3. The summed E-state index contributed by atoms with van der Waals surface area (Å²) >= 11 is 0. The van der Waals surface area contributed by atoms with Crippen LogP contribution in [0.3, 0.4) is 0 Å². The Balaban J connectivity index is 1.66. The van der Waals surface area contributed by atoms with Crippen molar-refractivity contribution in [3.63, 3.8) is 0 Å². The number of carbonyl (C=O) groups excluding carboxylic acids is 2. The minimum absolute atomic E-state index is 0.0707. The zero-order valence-corrected chi connectivity index (χ0v) is 15.7. The van der Waals surface area contributed by atoms with Crippen LogP contribution in [0.5, 0.6) is 0 Å². The fourth-order valence-electron chi connectivity index (χ4n) is 2.81. The Labute approximate surface area is 167 Å². The third kappa shape index (κ3) is 4.99. The highest BCUT2D eigenvalue weighted by Gasteiger charge is 2.49. The number of benzene rings is 2. The highest BCUT2D eigenvalue weighted by molar-refractivity contribution is 5.89. The van der Waals surface area contributed by atoms with Crippen LogP contribution in [0, 0.1) is 6.92 Å². The molecule has 1 aliphatic rings. The molecule has 1 saturated heterocycles. The molecular weight excluding hydrogens is 380 g/mol. The molecule has 0 aliphatic carbocycles. The van der Waals surface area contributed by atoms with Gasteiger partial charge in [0.2, 0.25) is 6.29 Å². The molecule has 0 aromatic heterocycles. The van der Waals surface area contributed by atoms with Crippen molar-refractivity contribution in [3.8, 4) is 0 Å².